The number of carbonyl (C=O) groups is 1. The molecule has 0 saturated heterocycles. The second kappa shape index (κ2) is 7.65. The maximum Gasteiger partial charge on any atom is 0.267 e. The number of thiocarbonyl (C=S) groups is 1. The van der Waals surface area contributed by atoms with Crippen molar-refractivity contribution in [1.82, 2.24) is 20.6 Å². The number of oxazole rings is 1. The Kier molecular flexibility index (Phi) is 4.91. The quantitative estimate of drug-likeness (QED) is 0.513. The molecule has 0 aliphatic rings. The fourth-order valence-electron chi connectivity index (χ4n) is 2.46. The molecule has 0 saturated carbocycles. The number of aromatic nitrogens is 2. The highest BCUT2D eigenvalue weighted by Crippen LogP contribution is 2.23. The molecule has 0 bridgehead atoms. The molecule has 4 rings (SSSR count). The third-order valence-corrected chi connectivity index (χ3v) is 4.91. The second-order valence-corrected chi connectivity index (χ2v) is 7.01. The number of amides is 1. The normalized spacial score (nSPS) is 10.7. The fraction of sp³-hybridized carbons (Fsp3) is 0.0526. The highest BCUT2D eigenvalue weighted by Gasteiger charge is 2.10. The average molecular weight is 394 g/mol. The van der Waals surface area contributed by atoms with Gasteiger partial charge in [-0.3, -0.25) is 10.1 Å². The Morgan fingerprint density at radius 3 is 2.74 bits per heavy atom. The lowest BCUT2D eigenvalue weighted by molar-refractivity contribution is 0.0980. The predicted molar refractivity (Wildman–Crippen MR) is 108 cm³/mol. The van der Waals surface area contributed by atoms with E-state index in [0.29, 0.717) is 33.7 Å². The molecule has 0 spiro atoms. The first kappa shape index (κ1) is 17.3. The summed E-state index contributed by atoms with van der Waals surface area (Å²) in [7, 11) is 0. The van der Waals surface area contributed by atoms with Crippen LogP contribution in [0.1, 0.15) is 15.2 Å². The van der Waals surface area contributed by atoms with Crippen LogP contribution in [0.15, 0.2) is 64.5 Å². The number of carbonyl (C=O) groups excluding carboxylic acids is 1. The van der Waals surface area contributed by atoms with E-state index in [4.69, 9.17) is 16.6 Å². The minimum Gasteiger partial charge on any atom is -0.434 e. The lowest BCUT2D eigenvalue weighted by Gasteiger charge is -2.09. The van der Waals surface area contributed by atoms with E-state index < -0.39 is 0 Å². The summed E-state index contributed by atoms with van der Waals surface area (Å²) in [5.74, 6) is 0.323. The standard InChI is InChI=1S/C19H14N4O2S2/c24-17(15-4-2-10-27-15)23-19(26)21-11-12-5-7-13(8-6-12)18-22-16-14(25-18)3-1-9-20-16/h1-10H,11H2,(H2,21,23,24,26). The maximum atomic E-state index is 12.0. The number of rotatable bonds is 4. The Balaban J connectivity index is 1.36. The van der Waals surface area contributed by atoms with Crippen LogP contribution < -0.4 is 10.6 Å². The monoisotopic (exact) mass is 394 g/mol. The highest BCUT2D eigenvalue weighted by atomic mass is 32.1. The highest BCUT2D eigenvalue weighted by molar-refractivity contribution is 7.80. The van der Waals surface area contributed by atoms with Gasteiger partial charge >= 0.3 is 0 Å². The van der Waals surface area contributed by atoms with Gasteiger partial charge in [0.05, 0.1) is 4.88 Å². The van der Waals surface area contributed by atoms with Gasteiger partial charge in [-0.2, -0.15) is 4.98 Å². The van der Waals surface area contributed by atoms with Crippen molar-refractivity contribution in [3.8, 4) is 11.5 Å². The average Bonchev–Trinajstić information content (AvgIpc) is 3.36. The first-order valence-corrected chi connectivity index (χ1v) is 9.41. The van der Waals surface area contributed by atoms with Gasteiger partial charge in [0.1, 0.15) is 0 Å². The summed E-state index contributed by atoms with van der Waals surface area (Å²) in [6.07, 6.45) is 1.68. The van der Waals surface area contributed by atoms with Crippen LogP contribution in [0, 0.1) is 0 Å². The molecule has 2 N–H and O–H groups in total. The molecule has 3 aromatic heterocycles. The molecule has 0 aliphatic heterocycles. The molecular weight excluding hydrogens is 380 g/mol. The minimum atomic E-state index is -0.206. The van der Waals surface area contributed by atoms with Gasteiger partial charge in [-0.1, -0.05) is 18.2 Å². The van der Waals surface area contributed by atoms with Crippen molar-refractivity contribution in [2.24, 2.45) is 0 Å². The molecule has 4 aromatic rings. The first-order valence-electron chi connectivity index (χ1n) is 8.12. The van der Waals surface area contributed by atoms with Gasteiger partial charge in [0, 0.05) is 18.3 Å². The largest absolute Gasteiger partial charge is 0.434 e. The van der Waals surface area contributed by atoms with E-state index in [-0.39, 0.29) is 5.91 Å². The van der Waals surface area contributed by atoms with Crippen molar-refractivity contribution in [1.29, 1.82) is 0 Å². The number of hydrogen-bond acceptors (Lipinski definition) is 6. The van der Waals surface area contributed by atoms with E-state index in [2.05, 4.69) is 20.6 Å². The molecule has 0 fully saturated rings. The summed E-state index contributed by atoms with van der Waals surface area (Å²) in [6, 6.07) is 15.0. The summed E-state index contributed by atoms with van der Waals surface area (Å²) >= 11 is 6.54. The van der Waals surface area contributed by atoms with Gasteiger partial charge in [0.2, 0.25) is 5.89 Å². The lowest BCUT2D eigenvalue weighted by atomic mass is 10.1. The molecule has 0 aliphatic carbocycles. The van der Waals surface area contributed by atoms with Crippen molar-refractivity contribution in [3.63, 3.8) is 0 Å². The molecule has 0 radical (unpaired) electrons. The van der Waals surface area contributed by atoms with Gasteiger partial charge in [-0.05, 0) is 53.5 Å². The SMILES string of the molecule is O=C(NC(=S)NCc1ccc(-c2nc3ncccc3o2)cc1)c1cccs1. The summed E-state index contributed by atoms with van der Waals surface area (Å²) < 4.78 is 5.71. The van der Waals surface area contributed by atoms with Crippen molar-refractivity contribution >= 4 is 45.8 Å². The van der Waals surface area contributed by atoms with Crippen LogP contribution in [0.3, 0.4) is 0 Å². The van der Waals surface area contributed by atoms with Gasteiger partial charge in [0.15, 0.2) is 16.3 Å². The lowest BCUT2D eigenvalue weighted by Crippen LogP contribution is -2.38. The Hall–Kier alpha value is -3.10. The van der Waals surface area contributed by atoms with E-state index in [1.165, 1.54) is 11.3 Å². The second-order valence-electron chi connectivity index (χ2n) is 5.66. The number of fused-ring (bicyclic) bond motifs is 1. The molecule has 3 heterocycles. The van der Waals surface area contributed by atoms with Crippen LogP contribution in [-0.2, 0) is 6.54 Å². The Bertz CT molecular complexity index is 1060. The van der Waals surface area contributed by atoms with Crippen LogP contribution in [0.5, 0.6) is 0 Å². The maximum absolute atomic E-state index is 12.0. The molecule has 134 valence electrons. The van der Waals surface area contributed by atoms with Crippen LogP contribution >= 0.6 is 23.6 Å². The first-order chi connectivity index (χ1) is 13.2. The molecule has 27 heavy (non-hydrogen) atoms. The van der Waals surface area contributed by atoms with Crippen LogP contribution in [0.25, 0.3) is 22.7 Å². The molecule has 6 nitrogen and oxygen atoms in total. The number of hydrogen-bond donors (Lipinski definition) is 2. The van der Waals surface area contributed by atoms with Crippen LogP contribution in [0.2, 0.25) is 0 Å². The molecule has 1 aromatic carbocycles. The zero-order chi connectivity index (χ0) is 18.6. The van der Waals surface area contributed by atoms with Crippen LogP contribution in [-0.4, -0.2) is 21.0 Å². The van der Waals surface area contributed by atoms with Crippen molar-refractivity contribution in [2.45, 2.75) is 6.54 Å². The number of thiophene rings is 1. The summed E-state index contributed by atoms with van der Waals surface area (Å²) in [5, 5.41) is 7.83. The summed E-state index contributed by atoms with van der Waals surface area (Å²) in [6.45, 7) is 0.499. The van der Waals surface area contributed by atoms with Gasteiger partial charge in [-0.25, -0.2) is 4.98 Å². The van der Waals surface area contributed by atoms with E-state index in [9.17, 15) is 4.79 Å². The van der Waals surface area contributed by atoms with E-state index in [1.54, 1.807) is 12.3 Å². The number of pyridine rings is 1. The van der Waals surface area contributed by atoms with Gasteiger partial charge in [-0.15, -0.1) is 11.3 Å². The van der Waals surface area contributed by atoms with E-state index >= 15 is 0 Å². The van der Waals surface area contributed by atoms with E-state index in [0.717, 1.165) is 11.1 Å². The van der Waals surface area contributed by atoms with Crippen molar-refractivity contribution in [2.75, 3.05) is 0 Å². The number of benzene rings is 1. The van der Waals surface area contributed by atoms with Gasteiger partial charge < -0.3 is 9.73 Å². The third-order valence-electron chi connectivity index (χ3n) is 3.79. The topological polar surface area (TPSA) is 80.0 Å². The molecule has 1 amide bonds. The summed E-state index contributed by atoms with van der Waals surface area (Å²) in [5.41, 5.74) is 3.13. The minimum absolute atomic E-state index is 0.206. The third kappa shape index (κ3) is 4.02. The van der Waals surface area contributed by atoms with Gasteiger partial charge in [0.25, 0.3) is 5.91 Å². The molecule has 8 heteroatoms. The Morgan fingerprint density at radius 1 is 1.15 bits per heavy atom. The number of nitrogens with zero attached hydrogens (tertiary/aromatic N) is 2. The van der Waals surface area contributed by atoms with Crippen molar-refractivity contribution in [3.05, 3.63) is 70.5 Å². The predicted octanol–water partition coefficient (Wildman–Crippen LogP) is 3.76. The smallest absolute Gasteiger partial charge is 0.267 e. The zero-order valence-electron chi connectivity index (χ0n) is 14.0. The summed E-state index contributed by atoms with van der Waals surface area (Å²) in [4.78, 5) is 21.1. The Labute approximate surface area is 164 Å². The van der Waals surface area contributed by atoms with E-state index in [1.807, 2.05) is 47.8 Å². The number of nitrogens with one attached hydrogen (secondary N) is 2. The van der Waals surface area contributed by atoms with Crippen LogP contribution in [0.4, 0.5) is 0 Å². The Morgan fingerprint density at radius 2 is 2.00 bits per heavy atom. The van der Waals surface area contributed by atoms with Crippen molar-refractivity contribution < 1.29 is 9.21 Å². The molecular formula is C19H14N4O2S2. The zero-order valence-corrected chi connectivity index (χ0v) is 15.6. The molecule has 0 atom stereocenters. The fourth-order valence-corrected chi connectivity index (χ4v) is 3.24. The molecule has 0 unspecified atom stereocenters.